The Hall–Kier alpha value is -3.98. The minimum absolute atomic E-state index is 0.268. The van der Waals surface area contributed by atoms with Crippen LogP contribution in [0, 0.1) is 18.8 Å². The standard InChI is InChI=1S/C30H26N2O3/c1-21-29-26(12-13-31-21)18-27(19-28(29)30(33)34)25-10-8-23(9-11-25)3-2-22-4-6-24(7-5-22)20-32-14-16-35-17-15-32/h4-13,18-19H,14-17,20H2,1H3,(H,33,34). The number of hydrogen-bond acceptors (Lipinski definition) is 4. The molecule has 1 aliphatic rings. The normalized spacial score (nSPS) is 13.9. The number of carboxylic acids is 1. The van der Waals surface area contributed by atoms with Crippen molar-refractivity contribution in [3.63, 3.8) is 0 Å². The summed E-state index contributed by atoms with van der Waals surface area (Å²) < 4.78 is 5.41. The molecule has 0 amide bonds. The van der Waals surface area contributed by atoms with Crippen LogP contribution in [0.25, 0.3) is 21.9 Å². The molecule has 35 heavy (non-hydrogen) atoms. The Bertz CT molecular complexity index is 1430. The van der Waals surface area contributed by atoms with Gasteiger partial charge < -0.3 is 9.84 Å². The van der Waals surface area contributed by atoms with E-state index in [4.69, 9.17) is 4.74 Å². The summed E-state index contributed by atoms with van der Waals surface area (Å²) in [5.74, 6) is 5.51. The van der Waals surface area contributed by atoms with Gasteiger partial charge in [-0.25, -0.2) is 4.79 Å². The molecular weight excluding hydrogens is 436 g/mol. The van der Waals surface area contributed by atoms with E-state index < -0.39 is 5.97 Å². The topological polar surface area (TPSA) is 62.7 Å². The van der Waals surface area contributed by atoms with Crippen molar-refractivity contribution in [1.29, 1.82) is 0 Å². The van der Waals surface area contributed by atoms with Gasteiger partial charge in [-0.3, -0.25) is 9.88 Å². The molecule has 4 aromatic rings. The summed E-state index contributed by atoms with van der Waals surface area (Å²) in [7, 11) is 0. The fourth-order valence-corrected chi connectivity index (χ4v) is 4.43. The fraction of sp³-hybridized carbons (Fsp3) is 0.200. The number of nitrogens with zero attached hydrogens (tertiary/aromatic N) is 2. The number of aromatic nitrogens is 1. The fourth-order valence-electron chi connectivity index (χ4n) is 4.43. The first kappa shape index (κ1) is 22.8. The van der Waals surface area contributed by atoms with Crippen LogP contribution in [0.5, 0.6) is 0 Å². The highest BCUT2D eigenvalue weighted by Crippen LogP contribution is 2.29. The minimum Gasteiger partial charge on any atom is -0.478 e. The molecule has 0 saturated carbocycles. The molecule has 1 N–H and O–H groups in total. The van der Waals surface area contributed by atoms with Gasteiger partial charge in [-0.05, 0) is 71.5 Å². The number of benzene rings is 3. The molecule has 0 atom stereocenters. The van der Waals surface area contributed by atoms with Gasteiger partial charge >= 0.3 is 5.97 Å². The van der Waals surface area contributed by atoms with Gasteiger partial charge in [-0.2, -0.15) is 0 Å². The van der Waals surface area contributed by atoms with E-state index in [1.54, 1.807) is 12.3 Å². The van der Waals surface area contributed by atoms with Crippen LogP contribution in [-0.4, -0.2) is 47.3 Å². The Morgan fingerprint density at radius 2 is 1.60 bits per heavy atom. The highest BCUT2D eigenvalue weighted by molar-refractivity contribution is 6.06. The molecule has 1 aromatic heterocycles. The molecule has 5 heteroatoms. The quantitative estimate of drug-likeness (QED) is 0.426. The average Bonchev–Trinajstić information content (AvgIpc) is 2.89. The Balaban J connectivity index is 1.33. The van der Waals surface area contributed by atoms with Crippen molar-refractivity contribution in [1.82, 2.24) is 9.88 Å². The third-order valence-corrected chi connectivity index (χ3v) is 6.32. The molecule has 1 aliphatic heterocycles. The molecule has 2 heterocycles. The molecule has 3 aromatic carbocycles. The number of ether oxygens (including phenoxy) is 1. The van der Waals surface area contributed by atoms with Gasteiger partial charge in [0.05, 0.1) is 18.8 Å². The monoisotopic (exact) mass is 462 g/mol. The summed E-state index contributed by atoms with van der Waals surface area (Å²) in [6, 6.07) is 21.9. The zero-order valence-electron chi connectivity index (χ0n) is 19.6. The van der Waals surface area contributed by atoms with Gasteiger partial charge in [0.15, 0.2) is 0 Å². The lowest BCUT2D eigenvalue weighted by atomic mass is 9.96. The summed E-state index contributed by atoms with van der Waals surface area (Å²) in [6.07, 6.45) is 1.71. The molecule has 5 nitrogen and oxygen atoms in total. The SMILES string of the molecule is Cc1nccc2cc(-c3ccc(C#Cc4ccc(CN5CCOCC5)cc4)cc3)cc(C(=O)O)c12. The van der Waals surface area contributed by atoms with E-state index in [1.165, 1.54) is 5.56 Å². The van der Waals surface area contributed by atoms with E-state index in [2.05, 4.69) is 46.0 Å². The van der Waals surface area contributed by atoms with Crippen molar-refractivity contribution in [3.05, 3.63) is 101 Å². The van der Waals surface area contributed by atoms with Gasteiger partial charge in [0.1, 0.15) is 0 Å². The maximum Gasteiger partial charge on any atom is 0.336 e. The zero-order valence-corrected chi connectivity index (χ0v) is 19.6. The second kappa shape index (κ2) is 10.1. The highest BCUT2D eigenvalue weighted by atomic mass is 16.5. The van der Waals surface area contributed by atoms with E-state index in [-0.39, 0.29) is 5.56 Å². The number of fused-ring (bicyclic) bond motifs is 1. The van der Waals surface area contributed by atoms with Crippen LogP contribution < -0.4 is 0 Å². The third kappa shape index (κ3) is 5.25. The van der Waals surface area contributed by atoms with Crippen LogP contribution >= 0.6 is 0 Å². The largest absolute Gasteiger partial charge is 0.478 e. The second-order valence-electron chi connectivity index (χ2n) is 8.74. The molecule has 0 bridgehead atoms. The number of aromatic carboxylic acids is 1. The number of morpholine rings is 1. The summed E-state index contributed by atoms with van der Waals surface area (Å²) in [6.45, 7) is 6.34. The predicted octanol–water partition coefficient (Wildman–Crippen LogP) is 5.14. The van der Waals surface area contributed by atoms with Crippen molar-refractivity contribution in [2.75, 3.05) is 26.3 Å². The second-order valence-corrected chi connectivity index (χ2v) is 8.74. The third-order valence-electron chi connectivity index (χ3n) is 6.32. The number of rotatable bonds is 4. The van der Waals surface area contributed by atoms with Crippen molar-refractivity contribution >= 4 is 16.7 Å². The first-order valence-corrected chi connectivity index (χ1v) is 11.7. The van der Waals surface area contributed by atoms with Crippen molar-refractivity contribution in [3.8, 4) is 23.0 Å². The van der Waals surface area contributed by atoms with Crippen LogP contribution in [0.3, 0.4) is 0 Å². The maximum absolute atomic E-state index is 11.9. The van der Waals surface area contributed by atoms with Crippen LogP contribution in [-0.2, 0) is 11.3 Å². The van der Waals surface area contributed by atoms with E-state index in [1.807, 2.05) is 43.3 Å². The lowest BCUT2D eigenvalue weighted by Crippen LogP contribution is -2.35. The van der Waals surface area contributed by atoms with E-state index in [0.29, 0.717) is 11.1 Å². The van der Waals surface area contributed by atoms with Gasteiger partial charge in [0.25, 0.3) is 0 Å². The number of carboxylic acid groups (broad SMARTS) is 1. The Kier molecular flexibility index (Phi) is 6.58. The summed E-state index contributed by atoms with van der Waals surface area (Å²) in [4.78, 5) is 18.5. The van der Waals surface area contributed by atoms with Crippen molar-refractivity contribution in [2.24, 2.45) is 0 Å². The van der Waals surface area contributed by atoms with Gasteiger partial charge in [-0.15, -0.1) is 0 Å². The molecule has 0 radical (unpaired) electrons. The van der Waals surface area contributed by atoms with E-state index in [9.17, 15) is 9.90 Å². The number of carbonyl (C=O) groups is 1. The Morgan fingerprint density at radius 3 is 2.26 bits per heavy atom. The molecule has 0 aliphatic carbocycles. The van der Waals surface area contributed by atoms with Gasteiger partial charge in [0, 0.05) is 48.0 Å². The predicted molar refractivity (Wildman–Crippen MR) is 137 cm³/mol. The zero-order chi connectivity index (χ0) is 24.2. The highest BCUT2D eigenvalue weighted by Gasteiger charge is 2.14. The van der Waals surface area contributed by atoms with Crippen molar-refractivity contribution in [2.45, 2.75) is 13.5 Å². The van der Waals surface area contributed by atoms with Crippen LogP contribution in [0.15, 0.2) is 72.9 Å². The molecule has 5 rings (SSSR count). The first-order valence-electron chi connectivity index (χ1n) is 11.7. The van der Waals surface area contributed by atoms with E-state index in [0.717, 1.165) is 60.5 Å². The van der Waals surface area contributed by atoms with E-state index >= 15 is 0 Å². The lowest BCUT2D eigenvalue weighted by molar-refractivity contribution is 0.0342. The Labute approximate surface area is 205 Å². The van der Waals surface area contributed by atoms with Crippen LogP contribution in [0.4, 0.5) is 0 Å². The lowest BCUT2D eigenvalue weighted by Gasteiger charge is -2.26. The minimum atomic E-state index is -0.952. The first-order chi connectivity index (χ1) is 17.1. The molecule has 0 unspecified atom stereocenters. The number of hydrogen-bond donors (Lipinski definition) is 1. The average molecular weight is 463 g/mol. The molecular formula is C30H26N2O3. The van der Waals surface area contributed by atoms with Crippen LogP contribution in [0.2, 0.25) is 0 Å². The molecule has 1 fully saturated rings. The summed E-state index contributed by atoms with van der Waals surface area (Å²) in [5, 5.41) is 11.3. The summed E-state index contributed by atoms with van der Waals surface area (Å²) >= 11 is 0. The molecule has 174 valence electrons. The number of pyridine rings is 1. The van der Waals surface area contributed by atoms with Gasteiger partial charge in [-0.1, -0.05) is 36.1 Å². The Morgan fingerprint density at radius 1 is 0.943 bits per heavy atom. The molecule has 0 spiro atoms. The van der Waals surface area contributed by atoms with Gasteiger partial charge in [0.2, 0.25) is 0 Å². The molecule has 1 saturated heterocycles. The number of aryl methyl sites for hydroxylation is 1. The summed E-state index contributed by atoms with van der Waals surface area (Å²) in [5.41, 5.74) is 5.95. The smallest absolute Gasteiger partial charge is 0.336 e. The van der Waals surface area contributed by atoms with Crippen molar-refractivity contribution < 1.29 is 14.6 Å². The van der Waals surface area contributed by atoms with Crippen LogP contribution in [0.1, 0.15) is 32.7 Å². The maximum atomic E-state index is 11.9.